The third kappa shape index (κ3) is 3.24. The van der Waals surface area contributed by atoms with Crippen molar-refractivity contribution < 1.29 is 9.47 Å². The van der Waals surface area contributed by atoms with Crippen LogP contribution in [0.4, 0.5) is 11.4 Å². The SMILES string of the molecule is COc1cc2ncc(Br)c(Nc3ccc(Cl)c(Cl)c3)c2cc1OC. The van der Waals surface area contributed by atoms with Crippen LogP contribution in [0.5, 0.6) is 11.5 Å². The number of benzene rings is 2. The number of nitrogens with zero attached hydrogens (tertiary/aromatic N) is 1. The molecule has 2 aromatic carbocycles. The number of hydrogen-bond acceptors (Lipinski definition) is 4. The zero-order chi connectivity index (χ0) is 17.3. The first-order chi connectivity index (χ1) is 11.5. The molecular weight excluding hydrogens is 415 g/mol. The van der Waals surface area contributed by atoms with Crippen molar-refractivity contribution >= 4 is 61.4 Å². The van der Waals surface area contributed by atoms with E-state index in [1.165, 1.54) is 0 Å². The third-order valence-corrected chi connectivity index (χ3v) is 4.86. The Hall–Kier alpha value is -1.69. The van der Waals surface area contributed by atoms with E-state index in [-0.39, 0.29) is 0 Å². The van der Waals surface area contributed by atoms with E-state index >= 15 is 0 Å². The van der Waals surface area contributed by atoms with Gasteiger partial charge < -0.3 is 14.8 Å². The molecule has 0 aliphatic carbocycles. The molecule has 124 valence electrons. The highest BCUT2D eigenvalue weighted by Crippen LogP contribution is 2.39. The van der Waals surface area contributed by atoms with Gasteiger partial charge in [-0.25, -0.2) is 0 Å². The van der Waals surface area contributed by atoms with Crippen LogP contribution in [-0.2, 0) is 0 Å². The van der Waals surface area contributed by atoms with Gasteiger partial charge in [0.1, 0.15) is 0 Å². The second-order valence-electron chi connectivity index (χ2n) is 4.96. The van der Waals surface area contributed by atoms with E-state index in [2.05, 4.69) is 26.2 Å². The van der Waals surface area contributed by atoms with Crippen LogP contribution >= 0.6 is 39.1 Å². The van der Waals surface area contributed by atoms with Crippen molar-refractivity contribution in [3.8, 4) is 11.5 Å². The van der Waals surface area contributed by atoms with Crippen molar-refractivity contribution in [3.05, 3.63) is 51.0 Å². The van der Waals surface area contributed by atoms with Gasteiger partial charge in [0.2, 0.25) is 0 Å². The van der Waals surface area contributed by atoms with Crippen LogP contribution in [0.3, 0.4) is 0 Å². The van der Waals surface area contributed by atoms with Gasteiger partial charge in [0.15, 0.2) is 11.5 Å². The van der Waals surface area contributed by atoms with E-state index in [9.17, 15) is 0 Å². The van der Waals surface area contributed by atoms with Crippen LogP contribution in [0.15, 0.2) is 41.0 Å². The molecule has 3 rings (SSSR count). The molecule has 4 nitrogen and oxygen atoms in total. The first-order valence-corrected chi connectivity index (χ1v) is 8.50. The topological polar surface area (TPSA) is 43.4 Å². The molecule has 0 aliphatic rings. The summed E-state index contributed by atoms with van der Waals surface area (Å²) in [7, 11) is 3.19. The van der Waals surface area contributed by atoms with Crippen LogP contribution in [0.1, 0.15) is 0 Å². The number of halogens is 3. The molecule has 1 heterocycles. The van der Waals surface area contributed by atoms with Crippen molar-refractivity contribution in [2.75, 3.05) is 19.5 Å². The smallest absolute Gasteiger partial charge is 0.162 e. The molecule has 0 bridgehead atoms. The highest BCUT2D eigenvalue weighted by atomic mass is 79.9. The van der Waals surface area contributed by atoms with E-state index in [1.807, 2.05) is 18.2 Å². The van der Waals surface area contributed by atoms with E-state index in [0.717, 1.165) is 26.8 Å². The number of fused-ring (bicyclic) bond motifs is 1. The Balaban J connectivity index is 2.15. The zero-order valence-electron chi connectivity index (χ0n) is 12.9. The summed E-state index contributed by atoms with van der Waals surface area (Å²) in [5.41, 5.74) is 2.44. The molecule has 0 unspecified atom stereocenters. The fourth-order valence-electron chi connectivity index (χ4n) is 2.34. The molecule has 7 heteroatoms. The molecule has 0 radical (unpaired) electrons. The van der Waals surface area contributed by atoms with Gasteiger partial charge in [-0.15, -0.1) is 0 Å². The summed E-state index contributed by atoms with van der Waals surface area (Å²) in [5.74, 6) is 1.25. The maximum atomic E-state index is 6.09. The van der Waals surface area contributed by atoms with E-state index in [1.54, 1.807) is 32.5 Å². The summed E-state index contributed by atoms with van der Waals surface area (Å²) in [6, 6.07) is 9.08. The lowest BCUT2D eigenvalue weighted by Crippen LogP contribution is -1.97. The molecule has 0 spiro atoms. The molecule has 1 N–H and O–H groups in total. The summed E-state index contributed by atoms with van der Waals surface area (Å²) in [6.45, 7) is 0. The Morgan fingerprint density at radius 3 is 2.38 bits per heavy atom. The normalized spacial score (nSPS) is 10.7. The van der Waals surface area contributed by atoms with Crippen LogP contribution in [0.25, 0.3) is 10.9 Å². The van der Waals surface area contributed by atoms with E-state index in [4.69, 9.17) is 32.7 Å². The molecule has 0 saturated carbocycles. The molecule has 0 amide bonds. The Kier molecular flexibility index (Phi) is 5.04. The van der Waals surface area contributed by atoms with Gasteiger partial charge in [-0.2, -0.15) is 0 Å². The van der Waals surface area contributed by atoms with Gasteiger partial charge >= 0.3 is 0 Å². The fraction of sp³-hybridized carbons (Fsp3) is 0.118. The molecule has 0 aliphatic heterocycles. The van der Waals surface area contributed by atoms with Crippen molar-refractivity contribution in [2.24, 2.45) is 0 Å². The van der Waals surface area contributed by atoms with Crippen LogP contribution in [0, 0.1) is 0 Å². The van der Waals surface area contributed by atoms with Gasteiger partial charge in [0, 0.05) is 23.3 Å². The second-order valence-corrected chi connectivity index (χ2v) is 6.63. The number of nitrogens with one attached hydrogen (secondary N) is 1. The number of pyridine rings is 1. The number of ether oxygens (including phenoxy) is 2. The predicted octanol–water partition coefficient (Wildman–Crippen LogP) is 6.06. The van der Waals surface area contributed by atoms with E-state index < -0.39 is 0 Å². The van der Waals surface area contributed by atoms with Crippen molar-refractivity contribution in [1.29, 1.82) is 0 Å². The Bertz CT molecular complexity index is 919. The lowest BCUT2D eigenvalue weighted by Gasteiger charge is -2.15. The monoisotopic (exact) mass is 426 g/mol. The molecule has 0 fully saturated rings. The average molecular weight is 428 g/mol. The van der Waals surface area contributed by atoms with Gasteiger partial charge in [-0.05, 0) is 40.2 Å². The lowest BCUT2D eigenvalue weighted by atomic mass is 10.1. The van der Waals surface area contributed by atoms with Crippen molar-refractivity contribution in [1.82, 2.24) is 4.98 Å². The van der Waals surface area contributed by atoms with Gasteiger partial charge in [0.25, 0.3) is 0 Å². The standard InChI is InChI=1S/C17H13BrCl2N2O2/c1-23-15-6-10-14(7-16(15)24-2)21-8-11(18)17(10)22-9-3-4-12(19)13(20)5-9/h3-8H,1-2H3,(H,21,22). The molecule has 1 aromatic heterocycles. The third-order valence-electron chi connectivity index (χ3n) is 3.52. The van der Waals surface area contributed by atoms with Crippen LogP contribution in [-0.4, -0.2) is 19.2 Å². The fourth-order valence-corrected chi connectivity index (χ4v) is 3.05. The highest BCUT2D eigenvalue weighted by Gasteiger charge is 2.13. The minimum absolute atomic E-state index is 0.482. The van der Waals surface area contributed by atoms with Gasteiger partial charge in [-0.3, -0.25) is 4.98 Å². The summed E-state index contributed by atoms with van der Waals surface area (Å²) < 4.78 is 11.5. The van der Waals surface area contributed by atoms with Crippen molar-refractivity contribution in [2.45, 2.75) is 0 Å². The average Bonchev–Trinajstić information content (AvgIpc) is 2.59. The number of anilines is 2. The molecule has 24 heavy (non-hydrogen) atoms. The van der Waals surface area contributed by atoms with Crippen molar-refractivity contribution in [3.63, 3.8) is 0 Å². The first-order valence-electron chi connectivity index (χ1n) is 6.95. The lowest BCUT2D eigenvalue weighted by molar-refractivity contribution is 0.356. The second kappa shape index (κ2) is 7.05. The quantitative estimate of drug-likeness (QED) is 0.549. The largest absolute Gasteiger partial charge is 0.493 e. The van der Waals surface area contributed by atoms with Gasteiger partial charge in [0.05, 0.1) is 39.9 Å². The summed E-state index contributed by atoms with van der Waals surface area (Å²) >= 11 is 15.6. The molecular formula is C17H13BrCl2N2O2. The van der Waals surface area contributed by atoms with Crippen LogP contribution < -0.4 is 14.8 Å². The predicted molar refractivity (Wildman–Crippen MR) is 102 cm³/mol. The van der Waals surface area contributed by atoms with Gasteiger partial charge in [-0.1, -0.05) is 23.2 Å². The number of aromatic nitrogens is 1. The molecule has 3 aromatic rings. The number of rotatable bonds is 4. The molecule has 0 atom stereocenters. The summed E-state index contributed by atoms with van der Waals surface area (Å²) in [5, 5.41) is 5.22. The number of methoxy groups -OCH3 is 2. The molecule has 0 saturated heterocycles. The Labute approximate surface area is 157 Å². The maximum absolute atomic E-state index is 6.09. The Morgan fingerprint density at radius 1 is 1.00 bits per heavy atom. The van der Waals surface area contributed by atoms with Crippen LogP contribution in [0.2, 0.25) is 10.0 Å². The summed E-state index contributed by atoms with van der Waals surface area (Å²) in [6.07, 6.45) is 1.73. The minimum Gasteiger partial charge on any atom is -0.493 e. The van der Waals surface area contributed by atoms with E-state index in [0.29, 0.717) is 21.5 Å². The Morgan fingerprint density at radius 2 is 1.71 bits per heavy atom. The zero-order valence-corrected chi connectivity index (χ0v) is 16.0. The number of hydrogen-bond donors (Lipinski definition) is 1. The maximum Gasteiger partial charge on any atom is 0.162 e. The summed E-state index contributed by atoms with van der Waals surface area (Å²) in [4.78, 5) is 4.43. The highest BCUT2D eigenvalue weighted by molar-refractivity contribution is 9.10. The minimum atomic E-state index is 0.482. The first kappa shape index (κ1) is 17.1.